The number of likely N-dealkylation sites (tertiary alicyclic amines) is 1. The van der Waals surface area contributed by atoms with Crippen LogP contribution in [0.4, 0.5) is 0 Å². The van der Waals surface area contributed by atoms with Crippen LogP contribution in [0.15, 0.2) is 0 Å². The van der Waals surface area contributed by atoms with Crippen molar-refractivity contribution in [2.45, 2.75) is 38.1 Å². The summed E-state index contributed by atoms with van der Waals surface area (Å²) in [6.07, 6.45) is 4.40. The van der Waals surface area contributed by atoms with E-state index in [1.807, 2.05) is 0 Å². The maximum Gasteiger partial charge on any atom is 0.0612 e. The molecule has 0 aromatic heterocycles. The first-order valence-electron chi connectivity index (χ1n) is 5.32. The predicted molar refractivity (Wildman–Crippen MR) is 54.6 cm³/mol. The summed E-state index contributed by atoms with van der Waals surface area (Å²) in [6, 6.07) is 0. The van der Waals surface area contributed by atoms with E-state index in [0.29, 0.717) is 0 Å². The number of hydrogen-bond donors (Lipinski definition) is 2. The Labute approximate surface area is 80.9 Å². The number of aliphatic hydroxyl groups excluding tert-OH is 1. The monoisotopic (exact) mass is 186 g/mol. The second kappa shape index (κ2) is 4.94. The van der Waals surface area contributed by atoms with Crippen molar-refractivity contribution in [1.29, 1.82) is 0 Å². The Bertz CT molecular complexity index is 142. The van der Waals surface area contributed by atoms with Gasteiger partial charge >= 0.3 is 0 Å². The molecule has 0 bridgehead atoms. The fraction of sp³-hybridized carbons (Fsp3) is 1.00. The van der Waals surface area contributed by atoms with Gasteiger partial charge in [0.1, 0.15) is 0 Å². The molecular formula is C10H22N2O. The molecule has 0 saturated carbocycles. The molecule has 1 heterocycles. The Morgan fingerprint density at radius 1 is 1.38 bits per heavy atom. The van der Waals surface area contributed by atoms with Gasteiger partial charge in [-0.25, -0.2) is 0 Å². The number of aliphatic hydroxyl groups is 1. The van der Waals surface area contributed by atoms with Crippen LogP contribution in [0.3, 0.4) is 0 Å². The number of nitrogens with two attached hydrogens (primary N) is 1. The third-order valence-corrected chi connectivity index (χ3v) is 2.99. The van der Waals surface area contributed by atoms with Crippen molar-refractivity contribution in [2.75, 3.05) is 26.2 Å². The van der Waals surface area contributed by atoms with Gasteiger partial charge < -0.3 is 15.7 Å². The first-order chi connectivity index (χ1) is 6.20. The van der Waals surface area contributed by atoms with Crippen LogP contribution >= 0.6 is 0 Å². The van der Waals surface area contributed by atoms with Gasteiger partial charge in [-0.2, -0.15) is 0 Å². The lowest BCUT2D eigenvalue weighted by Gasteiger charge is -2.37. The van der Waals surface area contributed by atoms with Crippen molar-refractivity contribution < 1.29 is 5.11 Å². The van der Waals surface area contributed by atoms with E-state index < -0.39 is 0 Å². The summed E-state index contributed by atoms with van der Waals surface area (Å²) in [6.45, 7) is 5.64. The molecule has 0 aliphatic carbocycles. The first-order valence-corrected chi connectivity index (χ1v) is 5.32. The smallest absolute Gasteiger partial charge is 0.0612 e. The van der Waals surface area contributed by atoms with Crippen molar-refractivity contribution in [3.63, 3.8) is 0 Å². The fourth-order valence-electron chi connectivity index (χ4n) is 1.76. The number of rotatable bonds is 4. The molecule has 0 aromatic rings. The lowest BCUT2D eigenvalue weighted by atomic mass is 9.89. The molecule has 13 heavy (non-hydrogen) atoms. The average molecular weight is 186 g/mol. The van der Waals surface area contributed by atoms with E-state index in [1.54, 1.807) is 0 Å². The van der Waals surface area contributed by atoms with Crippen molar-refractivity contribution >= 4 is 0 Å². The molecule has 78 valence electrons. The highest BCUT2D eigenvalue weighted by Crippen LogP contribution is 2.18. The Hall–Kier alpha value is -0.120. The summed E-state index contributed by atoms with van der Waals surface area (Å²) in [5.41, 5.74) is 5.68. The Morgan fingerprint density at radius 2 is 2.00 bits per heavy atom. The van der Waals surface area contributed by atoms with Gasteiger partial charge in [-0.1, -0.05) is 13.3 Å². The van der Waals surface area contributed by atoms with Gasteiger partial charge in [-0.3, -0.25) is 0 Å². The standard InChI is InChI=1S/C10H22N2O/c1-2-3-6-12-7-4-10(11,9-13)5-8-12/h13H,2-9,11H2,1H3. The minimum absolute atomic E-state index is 0.134. The molecule has 1 aliphatic rings. The van der Waals surface area contributed by atoms with Gasteiger partial charge in [0.15, 0.2) is 0 Å². The molecular weight excluding hydrogens is 164 g/mol. The van der Waals surface area contributed by atoms with Crippen LogP contribution in [-0.4, -0.2) is 41.8 Å². The second-order valence-corrected chi connectivity index (χ2v) is 4.22. The van der Waals surface area contributed by atoms with Crippen LogP contribution in [-0.2, 0) is 0 Å². The van der Waals surface area contributed by atoms with Gasteiger partial charge in [0, 0.05) is 5.54 Å². The predicted octanol–water partition coefficient (Wildman–Crippen LogP) is 0.572. The molecule has 0 amide bonds. The largest absolute Gasteiger partial charge is 0.394 e. The van der Waals surface area contributed by atoms with E-state index in [9.17, 15) is 0 Å². The van der Waals surface area contributed by atoms with Crippen LogP contribution in [0.25, 0.3) is 0 Å². The van der Waals surface area contributed by atoms with E-state index in [0.717, 1.165) is 25.9 Å². The van der Waals surface area contributed by atoms with Crippen LogP contribution in [0, 0.1) is 0 Å². The molecule has 0 spiro atoms. The number of unbranched alkanes of at least 4 members (excludes halogenated alkanes) is 1. The number of nitrogens with zero attached hydrogens (tertiary/aromatic N) is 1. The molecule has 1 aliphatic heterocycles. The molecule has 0 atom stereocenters. The summed E-state index contributed by atoms with van der Waals surface area (Å²) >= 11 is 0. The summed E-state index contributed by atoms with van der Waals surface area (Å²) in [7, 11) is 0. The first kappa shape index (κ1) is 11.0. The lowest BCUT2D eigenvalue weighted by molar-refractivity contribution is 0.105. The molecule has 0 aromatic carbocycles. The normalized spacial score (nSPS) is 23.3. The van der Waals surface area contributed by atoms with E-state index in [1.165, 1.54) is 19.4 Å². The van der Waals surface area contributed by atoms with Gasteiger partial charge in [-0.05, 0) is 38.9 Å². The summed E-state index contributed by atoms with van der Waals surface area (Å²) in [5, 5.41) is 9.07. The van der Waals surface area contributed by atoms with Gasteiger partial charge in [0.05, 0.1) is 6.61 Å². The van der Waals surface area contributed by atoms with Crippen molar-refractivity contribution in [3.8, 4) is 0 Å². The molecule has 1 fully saturated rings. The fourth-order valence-corrected chi connectivity index (χ4v) is 1.76. The lowest BCUT2D eigenvalue weighted by Crippen LogP contribution is -2.52. The van der Waals surface area contributed by atoms with Gasteiger partial charge in [-0.15, -0.1) is 0 Å². The maximum atomic E-state index is 9.07. The highest BCUT2D eigenvalue weighted by Gasteiger charge is 2.29. The summed E-state index contributed by atoms with van der Waals surface area (Å²) in [5.74, 6) is 0. The van der Waals surface area contributed by atoms with E-state index >= 15 is 0 Å². The van der Waals surface area contributed by atoms with E-state index in [2.05, 4.69) is 11.8 Å². The number of piperidine rings is 1. The van der Waals surface area contributed by atoms with Crippen molar-refractivity contribution in [3.05, 3.63) is 0 Å². The minimum atomic E-state index is -0.289. The Kier molecular flexibility index (Phi) is 4.16. The van der Waals surface area contributed by atoms with Crippen LogP contribution in [0.1, 0.15) is 32.6 Å². The van der Waals surface area contributed by atoms with E-state index in [-0.39, 0.29) is 12.1 Å². The van der Waals surface area contributed by atoms with Crippen LogP contribution in [0.2, 0.25) is 0 Å². The molecule has 1 rings (SSSR count). The molecule has 0 radical (unpaired) electrons. The van der Waals surface area contributed by atoms with Crippen LogP contribution < -0.4 is 5.73 Å². The van der Waals surface area contributed by atoms with Crippen LogP contribution in [0.5, 0.6) is 0 Å². The minimum Gasteiger partial charge on any atom is -0.394 e. The average Bonchev–Trinajstić information content (AvgIpc) is 2.17. The summed E-state index contributed by atoms with van der Waals surface area (Å²) in [4.78, 5) is 2.45. The topological polar surface area (TPSA) is 49.5 Å². The Balaban J connectivity index is 2.22. The quantitative estimate of drug-likeness (QED) is 0.675. The van der Waals surface area contributed by atoms with Gasteiger partial charge in [0.25, 0.3) is 0 Å². The Morgan fingerprint density at radius 3 is 2.46 bits per heavy atom. The zero-order valence-electron chi connectivity index (χ0n) is 8.63. The SMILES string of the molecule is CCCCN1CCC(N)(CO)CC1. The third-order valence-electron chi connectivity index (χ3n) is 2.99. The van der Waals surface area contributed by atoms with Crippen molar-refractivity contribution in [2.24, 2.45) is 5.73 Å². The van der Waals surface area contributed by atoms with E-state index in [4.69, 9.17) is 10.8 Å². The second-order valence-electron chi connectivity index (χ2n) is 4.22. The molecule has 3 nitrogen and oxygen atoms in total. The molecule has 3 heteroatoms. The highest BCUT2D eigenvalue weighted by atomic mass is 16.3. The van der Waals surface area contributed by atoms with Gasteiger partial charge in [0.2, 0.25) is 0 Å². The maximum absolute atomic E-state index is 9.07. The van der Waals surface area contributed by atoms with Crippen molar-refractivity contribution in [1.82, 2.24) is 4.90 Å². The highest BCUT2D eigenvalue weighted by molar-refractivity contribution is 4.89. The molecule has 0 unspecified atom stereocenters. The molecule has 3 N–H and O–H groups in total. The number of hydrogen-bond acceptors (Lipinski definition) is 3. The zero-order valence-corrected chi connectivity index (χ0v) is 8.63. The summed E-state index contributed by atoms with van der Waals surface area (Å²) < 4.78 is 0. The molecule has 1 saturated heterocycles. The zero-order chi connectivity index (χ0) is 9.73. The third kappa shape index (κ3) is 3.25.